The van der Waals surface area contributed by atoms with Gasteiger partial charge in [0.25, 0.3) is 0 Å². The lowest BCUT2D eigenvalue weighted by atomic mass is 9.88. The molecule has 3 N–H and O–H groups in total. The zero-order valence-electron chi connectivity index (χ0n) is 10.6. The van der Waals surface area contributed by atoms with E-state index in [0.29, 0.717) is 12.0 Å². The number of fused-ring (bicyclic) bond motifs is 1. The fraction of sp³-hybridized carbons (Fsp3) is 0.500. The van der Waals surface area contributed by atoms with E-state index in [9.17, 15) is 0 Å². The van der Waals surface area contributed by atoms with Gasteiger partial charge in [-0.15, -0.1) is 11.3 Å². The topological polar surface area (TPSA) is 63.8 Å². The van der Waals surface area contributed by atoms with Crippen molar-refractivity contribution in [2.24, 2.45) is 5.41 Å². The van der Waals surface area contributed by atoms with Crippen LogP contribution in [0, 0.1) is 5.41 Å². The van der Waals surface area contributed by atoms with E-state index in [0.717, 1.165) is 16.0 Å². The number of hydrogen-bond acceptors (Lipinski definition) is 5. The van der Waals surface area contributed by atoms with Crippen LogP contribution in [0.1, 0.15) is 27.7 Å². The summed E-state index contributed by atoms with van der Waals surface area (Å²) in [4.78, 5) is 8.50. The second-order valence-electron chi connectivity index (χ2n) is 5.30. The summed E-state index contributed by atoms with van der Waals surface area (Å²) in [5.41, 5.74) is 6.79. The number of nitrogens with two attached hydrogens (primary N) is 1. The first-order valence-electron chi connectivity index (χ1n) is 5.65. The number of thiophene rings is 1. The van der Waals surface area contributed by atoms with Crippen molar-refractivity contribution in [2.75, 3.05) is 11.1 Å². The third-order valence-corrected chi connectivity index (χ3v) is 3.88. The van der Waals surface area contributed by atoms with Crippen LogP contribution in [0.25, 0.3) is 10.2 Å². The quantitative estimate of drug-likeness (QED) is 0.859. The molecule has 5 heteroatoms. The highest BCUT2D eigenvalue weighted by atomic mass is 32.1. The first-order chi connectivity index (χ1) is 7.88. The molecule has 0 aliphatic rings. The summed E-state index contributed by atoms with van der Waals surface area (Å²) in [6.07, 6.45) is 0. The van der Waals surface area contributed by atoms with Crippen LogP contribution in [0.3, 0.4) is 0 Å². The molecule has 0 radical (unpaired) electrons. The van der Waals surface area contributed by atoms with Crippen LogP contribution in [0.15, 0.2) is 11.4 Å². The first-order valence-corrected chi connectivity index (χ1v) is 6.53. The Hall–Kier alpha value is -1.36. The van der Waals surface area contributed by atoms with Crippen LogP contribution in [0.5, 0.6) is 0 Å². The highest BCUT2D eigenvalue weighted by Gasteiger charge is 2.21. The first kappa shape index (κ1) is 12.1. The molecule has 0 spiro atoms. The summed E-state index contributed by atoms with van der Waals surface area (Å²) in [7, 11) is 0. The van der Waals surface area contributed by atoms with Gasteiger partial charge >= 0.3 is 0 Å². The Bertz CT molecular complexity index is 527. The number of hydrogen-bond donors (Lipinski definition) is 2. The molecule has 2 rings (SSSR count). The van der Waals surface area contributed by atoms with E-state index in [1.165, 1.54) is 0 Å². The van der Waals surface area contributed by atoms with E-state index < -0.39 is 0 Å². The Morgan fingerprint density at radius 3 is 2.71 bits per heavy atom. The van der Waals surface area contributed by atoms with Gasteiger partial charge < -0.3 is 11.1 Å². The van der Waals surface area contributed by atoms with Gasteiger partial charge in [-0.05, 0) is 23.8 Å². The molecule has 0 amide bonds. The molecule has 4 nitrogen and oxygen atoms in total. The van der Waals surface area contributed by atoms with Crippen molar-refractivity contribution in [3.63, 3.8) is 0 Å². The van der Waals surface area contributed by atoms with Crippen molar-refractivity contribution in [2.45, 2.75) is 33.7 Å². The smallest absolute Gasteiger partial charge is 0.222 e. The lowest BCUT2D eigenvalue weighted by Gasteiger charge is -2.28. The maximum absolute atomic E-state index is 5.71. The summed E-state index contributed by atoms with van der Waals surface area (Å²) in [5, 5.41) is 5.44. The zero-order valence-corrected chi connectivity index (χ0v) is 11.4. The van der Waals surface area contributed by atoms with Gasteiger partial charge in [-0.2, -0.15) is 4.98 Å². The number of nitrogens with zero attached hydrogens (tertiary/aromatic N) is 2. The van der Waals surface area contributed by atoms with Crippen molar-refractivity contribution in [3.05, 3.63) is 11.4 Å². The van der Waals surface area contributed by atoms with Crippen molar-refractivity contribution in [1.82, 2.24) is 9.97 Å². The van der Waals surface area contributed by atoms with Gasteiger partial charge in [0.05, 0.1) is 10.2 Å². The van der Waals surface area contributed by atoms with Gasteiger partial charge in [0, 0.05) is 6.04 Å². The average Bonchev–Trinajstić information content (AvgIpc) is 2.63. The molecular weight excluding hydrogens is 232 g/mol. The SMILES string of the molecule is CC(Nc1nc(N)nc2ccsc12)C(C)(C)C. The Labute approximate surface area is 105 Å². The number of nitrogen functional groups attached to an aromatic ring is 1. The summed E-state index contributed by atoms with van der Waals surface area (Å²) >= 11 is 1.63. The lowest BCUT2D eigenvalue weighted by molar-refractivity contribution is 0.359. The molecule has 0 aliphatic carbocycles. The maximum atomic E-state index is 5.71. The van der Waals surface area contributed by atoms with Crippen molar-refractivity contribution >= 4 is 33.3 Å². The predicted molar refractivity (Wildman–Crippen MR) is 74.4 cm³/mol. The Balaban J connectivity index is 2.38. The standard InChI is InChI=1S/C12H18N4S/c1-7(12(2,3)4)14-10-9-8(5-6-17-9)15-11(13)16-10/h5-7H,1-4H3,(H3,13,14,15,16). The van der Waals surface area contributed by atoms with Gasteiger partial charge in [-0.1, -0.05) is 20.8 Å². The van der Waals surface area contributed by atoms with E-state index in [2.05, 4.69) is 43.0 Å². The second kappa shape index (κ2) is 4.14. The molecule has 0 saturated heterocycles. The summed E-state index contributed by atoms with van der Waals surface area (Å²) in [6, 6.07) is 2.27. The minimum Gasteiger partial charge on any atom is -0.368 e. The molecule has 0 bridgehead atoms. The predicted octanol–water partition coefficient (Wildman–Crippen LogP) is 3.12. The molecule has 1 atom stereocenters. The molecule has 0 fully saturated rings. The molecule has 2 aromatic heterocycles. The van der Waals surface area contributed by atoms with Crippen molar-refractivity contribution in [1.29, 1.82) is 0 Å². The normalized spacial score (nSPS) is 13.9. The Morgan fingerprint density at radius 2 is 2.06 bits per heavy atom. The molecular formula is C12H18N4S. The highest BCUT2D eigenvalue weighted by molar-refractivity contribution is 7.17. The van der Waals surface area contributed by atoms with Gasteiger partial charge in [0.15, 0.2) is 0 Å². The van der Waals surface area contributed by atoms with Crippen LogP contribution in [0.4, 0.5) is 11.8 Å². The number of anilines is 2. The molecule has 92 valence electrons. The van der Waals surface area contributed by atoms with Crippen LogP contribution in [0.2, 0.25) is 0 Å². The van der Waals surface area contributed by atoms with E-state index >= 15 is 0 Å². The second-order valence-corrected chi connectivity index (χ2v) is 6.21. The van der Waals surface area contributed by atoms with E-state index in [1.807, 2.05) is 11.4 Å². The summed E-state index contributed by atoms with van der Waals surface area (Å²) < 4.78 is 1.07. The molecule has 0 aliphatic heterocycles. The van der Waals surface area contributed by atoms with E-state index in [4.69, 9.17) is 5.73 Å². The molecule has 1 unspecified atom stereocenters. The van der Waals surface area contributed by atoms with Gasteiger partial charge in [-0.3, -0.25) is 0 Å². The molecule has 0 aromatic carbocycles. The number of nitrogens with one attached hydrogen (secondary N) is 1. The zero-order chi connectivity index (χ0) is 12.6. The van der Waals surface area contributed by atoms with Crippen LogP contribution in [-0.4, -0.2) is 16.0 Å². The van der Waals surface area contributed by atoms with Crippen LogP contribution < -0.4 is 11.1 Å². The largest absolute Gasteiger partial charge is 0.368 e. The molecule has 17 heavy (non-hydrogen) atoms. The fourth-order valence-corrected chi connectivity index (χ4v) is 2.18. The fourth-order valence-electron chi connectivity index (χ4n) is 1.40. The number of rotatable bonds is 2. The molecule has 2 heterocycles. The van der Waals surface area contributed by atoms with Gasteiger partial charge in [0.2, 0.25) is 5.95 Å². The summed E-state index contributed by atoms with van der Waals surface area (Å²) in [5.74, 6) is 1.16. The van der Waals surface area contributed by atoms with Crippen molar-refractivity contribution < 1.29 is 0 Å². The van der Waals surface area contributed by atoms with Crippen LogP contribution >= 0.6 is 11.3 Å². The molecule has 0 saturated carbocycles. The van der Waals surface area contributed by atoms with Gasteiger partial charge in [0.1, 0.15) is 5.82 Å². The third-order valence-electron chi connectivity index (χ3n) is 2.97. The minimum absolute atomic E-state index is 0.170. The van der Waals surface area contributed by atoms with Crippen molar-refractivity contribution in [3.8, 4) is 0 Å². The van der Waals surface area contributed by atoms with Gasteiger partial charge in [-0.25, -0.2) is 4.98 Å². The Kier molecular flexibility index (Phi) is 2.95. The minimum atomic E-state index is 0.170. The van der Waals surface area contributed by atoms with Crippen LogP contribution in [-0.2, 0) is 0 Å². The van der Waals surface area contributed by atoms with E-state index in [1.54, 1.807) is 11.3 Å². The van der Waals surface area contributed by atoms with E-state index in [-0.39, 0.29) is 5.41 Å². The summed E-state index contributed by atoms with van der Waals surface area (Å²) in [6.45, 7) is 8.74. The number of aromatic nitrogens is 2. The maximum Gasteiger partial charge on any atom is 0.222 e. The third kappa shape index (κ3) is 2.49. The monoisotopic (exact) mass is 250 g/mol. The molecule has 2 aromatic rings. The lowest BCUT2D eigenvalue weighted by Crippen LogP contribution is -2.31. The average molecular weight is 250 g/mol. The Morgan fingerprint density at radius 1 is 1.35 bits per heavy atom. The highest BCUT2D eigenvalue weighted by Crippen LogP contribution is 2.29.